The Labute approximate surface area is 103 Å². The van der Waals surface area contributed by atoms with Crippen LogP contribution in [0.3, 0.4) is 0 Å². The summed E-state index contributed by atoms with van der Waals surface area (Å²) in [6, 6.07) is 0. The van der Waals surface area contributed by atoms with Crippen LogP contribution >= 0.6 is 24.8 Å². The Hall–Kier alpha value is 1.68. The SMILES string of the molecule is Cl.Cl.[Au+].[C-]1=CC=CC1.[Zr]. The zero-order valence-corrected chi connectivity index (χ0v) is 10.8. The minimum Gasteiger partial charge on any atom is -0.273 e. The maximum atomic E-state index is 2.99. The van der Waals surface area contributed by atoms with Gasteiger partial charge >= 0.3 is 22.4 Å². The third-order valence-electron chi connectivity index (χ3n) is 0.586. The van der Waals surface area contributed by atoms with Crippen LogP contribution in [-0.4, -0.2) is 0 Å². The number of allylic oxidation sites excluding steroid dienone is 4. The van der Waals surface area contributed by atoms with Crippen LogP contribution in [0.4, 0.5) is 0 Å². The maximum absolute atomic E-state index is 2.99. The molecule has 0 saturated heterocycles. The van der Waals surface area contributed by atoms with Gasteiger partial charge in [-0.1, -0.05) is 0 Å². The molecular formula is C5H7AuCl2Zr. The van der Waals surface area contributed by atoms with Crippen molar-refractivity contribution in [2.75, 3.05) is 0 Å². The van der Waals surface area contributed by atoms with E-state index < -0.39 is 0 Å². The smallest absolute Gasteiger partial charge is 0.273 e. The van der Waals surface area contributed by atoms with E-state index in [2.05, 4.69) is 12.2 Å². The summed E-state index contributed by atoms with van der Waals surface area (Å²) in [6.07, 6.45) is 10.0. The van der Waals surface area contributed by atoms with Gasteiger partial charge in [-0.25, -0.2) is 12.2 Å². The van der Waals surface area contributed by atoms with Crippen LogP contribution < -0.4 is 0 Å². The van der Waals surface area contributed by atoms with E-state index in [1.54, 1.807) is 0 Å². The van der Waals surface area contributed by atoms with Gasteiger partial charge in [-0.05, 0) is 0 Å². The number of halogens is 2. The fraction of sp³-hybridized carbons (Fsp3) is 0.200. The van der Waals surface area contributed by atoms with Crippen LogP contribution in [0.1, 0.15) is 6.42 Å². The Bertz CT molecular complexity index is 73.0. The summed E-state index contributed by atoms with van der Waals surface area (Å²) in [5, 5.41) is 0. The van der Waals surface area contributed by atoms with Gasteiger partial charge in [0.2, 0.25) is 0 Å². The van der Waals surface area contributed by atoms with Crippen molar-refractivity contribution in [1.82, 2.24) is 0 Å². The molecule has 0 unspecified atom stereocenters. The minimum absolute atomic E-state index is 0. The Balaban J connectivity index is -0.0000000312. The molecule has 56 valence electrons. The first-order valence-corrected chi connectivity index (χ1v) is 1.72. The summed E-state index contributed by atoms with van der Waals surface area (Å²) in [5.41, 5.74) is 0. The van der Waals surface area contributed by atoms with Gasteiger partial charge in [0.05, 0.1) is 0 Å². The Morgan fingerprint density at radius 3 is 1.89 bits per heavy atom. The van der Waals surface area contributed by atoms with E-state index in [1.165, 1.54) is 0 Å². The van der Waals surface area contributed by atoms with Crippen molar-refractivity contribution in [1.29, 1.82) is 0 Å². The van der Waals surface area contributed by atoms with Gasteiger partial charge in [0.25, 0.3) is 0 Å². The van der Waals surface area contributed by atoms with Crippen molar-refractivity contribution in [3.8, 4) is 0 Å². The van der Waals surface area contributed by atoms with E-state index in [1.807, 2.05) is 12.2 Å². The van der Waals surface area contributed by atoms with E-state index in [9.17, 15) is 0 Å². The average Bonchev–Trinajstić information content (AvgIpc) is 1.76. The molecule has 0 heterocycles. The van der Waals surface area contributed by atoms with Crippen LogP contribution in [0.5, 0.6) is 0 Å². The molecule has 0 N–H and O–H groups in total. The molecule has 0 nitrogen and oxygen atoms in total. The van der Waals surface area contributed by atoms with Gasteiger partial charge in [0.15, 0.2) is 0 Å². The van der Waals surface area contributed by atoms with Crippen LogP contribution in [0, 0.1) is 6.08 Å². The van der Waals surface area contributed by atoms with E-state index in [-0.39, 0.29) is 73.4 Å². The van der Waals surface area contributed by atoms with Crippen LogP contribution in [0.25, 0.3) is 0 Å². The number of hydrogen-bond acceptors (Lipinski definition) is 0. The molecule has 0 atom stereocenters. The molecule has 0 fully saturated rings. The summed E-state index contributed by atoms with van der Waals surface area (Å²) in [5.74, 6) is 0. The normalized spacial score (nSPS) is 9.78. The maximum Gasteiger partial charge on any atom is 1.00 e. The Kier molecular flexibility index (Phi) is 40.7. The van der Waals surface area contributed by atoms with Crippen molar-refractivity contribution in [3.05, 3.63) is 24.3 Å². The van der Waals surface area contributed by atoms with Gasteiger partial charge in [-0.2, -0.15) is 6.08 Å². The molecular weight excluding hydrogens is 419 g/mol. The fourth-order valence-electron chi connectivity index (χ4n) is 0.340. The summed E-state index contributed by atoms with van der Waals surface area (Å²) >= 11 is 0. The molecule has 0 spiro atoms. The molecule has 0 saturated carbocycles. The second kappa shape index (κ2) is 16.3. The molecule has 0 amide bonds. The number of rotatable bonds is 0. The van der Waals surface area contributed by atoms with E-state index >= 15 is 0 Å². The standard InChI is InChI=1S/C5H5.Au.2ClH.Zr/c1-2-4-5-3-1;;;;/h1-3H,4H2;;2*1H;/q-1;+1;;;. The monoisotopic (exact) mass is 424 g/mol. The van der Waals surface area contributed by atoms with Gasteiger partial charge in [-0.3, -0.25) is 6.08 Å². The topological polar surface area (TPSA) is 0 Å². The van der Waals surface area contributed by atoms with E-state index in [0.717, 1.165) is 6.42 Å². The zero-order valence-electron chi connectivity index (χ0n) is 4.56. The Morgan fingerprint density at radius 2 is 1.78 bits per heavy atom. The van der Waals surface area contributed by atoms with Crippen molar-refractivity contribution in [2.45, 2.75) is 6.42 Å². The van der Waals surface area contributed by atoms with Crippen LogP contribution in [-0.2, 0) is 48.6 Å². The third-order valence-corrected chi connectivity index (χ3v) is 0.586. The molecule has 9 heavy (non-hydrogen) atoms. The van der Waals surface area contributed by atoms with Gasteiger partial charge in [0.1, 0.15) is 0 Å². The second-order valence-corrected chi connectivity index (χ2v) is 1.00. The molecule has 0 aliphatic heterocycles. The largest absolute Gasteiger partial charge is 1.00 e. The van der Waals surface area contributed by atoms with E-state index in [0.29, 0.717) is 0 Å². The quantitative estimate of drug-likeness (QED) is 0.412. The Morgan fingerprint density at radius 1 is 1.22 bits per heavy atom. The second-order valence-electron chi connectivity index (χ2n) is 1.00. The van der Waals surface area contributed by atoms with Crippen LogP contribution in [0.15, 0.2) is 18.2 Å². The van der Waals surface area contributed by atoms with E-state index in [4.69, 9.17) is 0 Å². The predicted octanol–water partition coefficient (Wildman–Crippen LogP) is 2.14. The summed E-state index contributed by atoms with van der Waals surface area (Å²) < 4.78 is 0. The molecule has 4 heteroatoms. The molecule has 0 aromatic carbocycles. The summed E-state index contributed by atoms with van der Waals surface area (Å²) in [7, 11) is 0. The zero-order chi connectivity index (χ0) is 3.54. The summed E-state index contributed by atoms with van der Waals surface area (Å²) in [6.45, 7) is 0. The van der Waals surface area contributed by atoms with Crippen molar-refractivity contribution in [2.24, 2.45) is 0 Å². The molecule has 0 bridgehead atoms. The van der Waals surface area contributed by atoms with Gasteiger partial charge in [0, 0.05) is 26.2 Å². The average molecular weight is 426 g/mol. The molecule has 1 aliphatic rings. The number of hydrogen-bond donors (Lipinski definition) is 0. The first-order valence-electron chi connectivity index (χ1n) is 1.72. The predicted molar refractivity (Wildman–Crippen MR) is 36.1 cm³/mol. The van der Waals surface area contributed by atoms with Gasteiger partial charge in [-0.15, -0.1) is 31.2 Å². The first kappa shape index (κ1) is 22.4. The fourth-order valence-corrected chi connectivity index (χ4v) is 0.340. The molecule has 1 rings (SSSR count). The molecule has 0 aromatic rings. The first-order chi connectivity index (χ1) is 2.50. The van der Waals surface area contributed by atoms with Crippen LogP contribution in [0.2, 0.25) is 0 Å². The molecule has 1 aliphatic carbocycles. The van der Waals surface area contributed by atoms with Crippen molar-refractivity contribution >= 4 is 24.8 Å². The van der Waals surface area contributed by atoms with Gasteiger partial charge < -0.3 is 0 Å². The molecule has 0 aromatic heterocycles. The van der Waals surface area contributed by atoms with Crippen molar-refractivity contribution < 1.29 is 48.6 Å². The summed E-state index contributed by atoms with van der Waals surface area (Å²) in [4.78, 5) is 0. The third kappa shape index (κ3) is 12.8. The minimum atomic E-state index is 0. The molecule has 0 radical (unpaired) electrons. The van der Waals surface area contributed by atoms with Crippen molar-refractivity contribution in [3.63, 3.8) is 0 Å².